The molecule has 0 spiro atoms. The number of benzene rings is 1. The molecule has 1 saturated heterocycles. The number of hydrogen-bond acceptors (Lipinski definition) is 6. The minimum Gasteiger partial charge on any atom is -0.497 e. The van der Waals surface area contributed by atoms with E-state index in [1.807, 2.05) is 12.1 Å². The summed E-state index contributed by atoms with van der Waals surface area (Å²) in [6.07, 6.45) is 0.450. The fraction of sp³-hybridized carbons (Fsp3) is 0.474. The summed E-state index contributed by atoms with van der Waals surface area (Å²) in [5.74, 6) is 0.186. The first kappa shape index (κ1) is 20.1. The standard InChI is InChI=1S/C19H22N4O4/c1-26-15-5-6-17(27-2)16(12-15)23-13-14(11-18(23)24)19(25)22(9-3-7-20)10-4-8-21/h5-6,12,14H,3-4,9-11,13H2,1-2H3/t14-/m0/s1. The highest BCUT2D eigenvalue weighted by Crippen LogP contribution is 2.36. The van der Waals surface area contributed by atoms with Crippen molar-refractivity contribution in [3.8, 4) is 23.6 Å². The van der Waals surface area contributed by atoms with Gasteiger partial charge in [0, 0.05) is 32.1 Å². The number of amides is 2. The van der Waals surface area contributed by atoms with Crippen LogP contribution in [0.5, 0.6) is 11.5 Å². The van der Waals surface area contributed by atoms with Gasteiger partial charge in [-0.15, -0.1) is 0 Å². The fourth-order valence-electron chi connectivity index (χ4n) is 3.07. The number of nitriles is 2. The van der Waals surface area contributed by atoms with Crippen LogP contribution in [0.2, 0.25) is 0 Å². The van der Waals surface area contributed by atoms with Crippen molar-refractivity contribution in [1.29, 1.82) is 10.5 Å². The Morgan fingerprint density at radius 2 is 1.89 bits per heavy atom. The van der Waals surface area contributed by atoms with E-state index in [4.69, 9.17) is 20.0 Å². The summed E-state index contributed by atoms with van der Waals surface area (Å²) in [6.45, 7) is 0.727. The first-order chi connectivity index (χ1) is 13.0. The molecule has 27 heavy (non-hydrogen) atoms. The zero-order chi connectivity index (χ0) is 19.8. The summed E-state index contributed by atoms with van der Waals surface area (Å²) in [5, 5.41) is 17.6. The van der Waals surface area contributed by atoms with Gasteiger partial charge in [0.05, 0.1) is 50.8 Å². The molecule has 2 rings (SSSR count). The van der Waals surface area contributed by atoms with E-state index < -0.39 is 5.92 Å². The molecule has 1 aliphatic heterocycles. The van der Waals surface area contributed by atoms with E-state index in [1.165, 1.54) is 24.0 Å². The van der Waals surface area contributed by atoms with E-state index in [9.17, 15) is 9.59 Å². The summed E-state index contributed by atoms with van der Waals surface area (Å²) in [5.41, 5.74) is 0.553. The van der Waals surface area contributed by atoms with E-state index >= 15 is 0 Å². The second-order valence-electron chi connectivity index (χ2n) is 6.08. The molecule has 1 heterocycles. The Morgan fingerprint density at radius 1 is 1.22 bits per heavy atom. The van der Waals surface area contributed by atoms with E-state index in [-0.39, 0.29) is 50.7 Å². The highest BCUT2D eigenvalue weighted by atomic mass is 16.5. The van der Waals surface area contributed by atoms with Crippen LogP contribution in [0, 0.1) is 28.6 Å². The van der Waals surface area contributed by atoms with Crippen LogP contribution in [0.4, 0.5) is 5.69 Å². The monoisotopic (exact) mass is 370 g/mol. The molecular weight excluding hydrogens is 348 g/mol. The van der Waals surface area contributed by atoms with Crippen molar-refractivity contribution < 1.29 is 19.1 Å². The van der Waals surface area contributed by atoms with Gasteiger partial charge in [-0.1, -0.05) is 0 Å². The van der Waals surface area contributed by atoms with Gasteiger partial charge in [0.15, 0.2) is 0 Å². The lowest BCUT2D eigenvalue weighted by atomic mass is 10.1. The molecule has 0 unspecified atom stereocenters. The second-order valence-corrected chi connectivity index (χ2v) is 6.08. The third kappa shape index (κ3) is 4.68. The molecule has 1 aromatic rings. The molecule has 0 aromatic heterocycles. The van der Waals surface area contributed by atoms with Crippen LogP contribution in [0.25, 0.3) is 0 Å². The quantitative estimate of drug-likeness (QED) is 0.689. The van der Waals surface area contributed by atoms with E-state index in [0.717, 1.165) is 0 Å². The number of nitrogens with zero attached hydrogens (tertiary/aromatic N) is 4. The maximum Gasteiger partial charge on any atom is 0.228 e. The lowest BCUT2D eigenvalue weighted by Gasteiger charge is -2.24. The maximum absolute atomic E-state index is 12.8. The first-order valence-electron chi connectivity index (χ1n) is 8.60. The van der Waals surface area contributed by atoms with Crippen LogP contribution in [-0.4, -0.2) is 50.6 Å². The van der Waals surface area contributed by atoms with E-state index in [0.29, 0.717) is 17.2 Å². The average molecular weight is 370 g/mol. The lowest BCUT2D eigenvalue weighted by Crippen LogP contribution is -2.38. The molecule has 0 saturated carbocycles. The molecule has 142 valence electrons. The molecule has 0 radical (unpaired) electrons. The number of ether oxygens (including phenoxy) is 2. The Balaban J connectivity index is 2.20. The van der Waals surface area contributed by atoms with Crippen molar-refractivity contribution in [3.63, 3.8) is 0 Å². The third-order valence-corrected chi connectivity index (χ3v) is 4.45. The van der Waals surface area contributed by atoms with Crippen molar-refractivity contribution >= 4 is 17.5 Å². The largest absolute Gasteiger partial charge is 0.497 e. The molecule has 8 nitrogen and oxygen atoms in total. The molecule has 1 atom stereocenters. The highest BCUT2D eigenvalue weighted by Gasteiger charge is 2.38. The number of hydrogen-bond donors (Lipinski definition) is 0. The summed E-state index contributed by atoms with van der Waals surface area (Å²) >= 11 is 0. The minimum atomic E-state index is -0.522. The van der Waals surface area contributed by atoms with Gasteiger partial charge < -0.3 is 19.3 Å². The van der Waals surface area contributed by atoms with Gasteiger partial charge in [0.2, 0.25) is 11.8 Å². The number of carbonyl (C=O) groups excluding carboxylic acids is 2. The van der Waals surface area contributed by atoms with Crippen molar-refractivity contribution in [2.75, 3.05) is 38.8 Å². The number of methoxy groups -OCH3 is 2. The van der Waals surface area contributed by atoms with Crippen molar-refractivity contribution in [3.05, 3.63) is 18.2 Å². The van der Waals surface area contributed by atoms with Gasteiger partial charge in [-0.3, -0.25) is 9.59 Å². The highest BCUT2D eigenvalue weighted by molar-refractivity contribution is 6.01. The van der Waals surface area contributed by atoms with Gasteiger partial charge >= 0.3 is 0 Å². The van der Waals surface area contributed by atoms with E-state index in [2.05, 4.69) is 0 Å². The molecule has 2 amide bonds. The van der Waals surface area contributed by atoms with E-state index in [1.54, 1.807) is 18.2 Å². The van der Waals surface area contributed by atoms with Crippen LogP contribution < -0.4 is 14.4 Å². The van der Waals surface area contributed by atoms with Crippen LogP contribution in [0.1, 0.15) is 19.3 Å². The molecule has 8 heteroatoms. The lowest BCUT2D eigenvalue weighted by molar-refractivity contribution is -0.135. The topological polar surface area (TPSA) is 107 Å². The Hall–Kier alpha value is -3.26. The minimum absolute atomic E-state index is 0.0782. The van der Waals surface area contributed by atoms with Crippen LogP contribution in [0.15, 0.2) is 18.2 Å². The zero-order valence-electron chi connectivity index (χ0n) is 15.5. The second kappa shape index (κ2) is 9.44. The number of anilines is 1. The number of rotatable bonds is 8. The molecule has 0 N–H and O–H groups in total. The summed E-state index contributed by atoms with van der Waals surface area (Å²) < 4.78 is 10.6. The molecular formula is C19H22N4O4. The number of carbonyl (C=O) groups is 2. The summed E-state index contributed by atoms with van der Waals surface area (Å²) in [6, 6.07) is 9.16. The molecule has 1 fully saturated rings. The van der Waals surface area contributed by atoms with Gasteiger partial charge in [-0.2, -0.15) is 10.5 Å². The van der Waals surface area contributed by atoms with Crippen molar-refractivity contribution in [2.45, 2.75) is 19.3 Å². The maximum atomic E-state index is 12.8. The van der Waals surface area contributed by atoms with Crippen molar-refractivity contribution in [2.24, 2.45) is 5.92 Å². The van der Waals surface area contributed by atoms with Crippen LogP contribution in [0.3, 0.4) is 0 Å². The molecule has 0 aliphatic carbocycles. The molecule has 1 aliphatic rings. The average Bonchev–Trinajstić information content (AvgIpc) is 3.08. The van der Waals surface area contributed by atoms with Crippen LogP contribution in [-0.2, 0) is 9.59 Å². The fourth-order valence-corrected chi connectivity index (χ4v) is 3.07. The van der Waals surface area contributed by atoms with Gasteiger partial charge in [0.25, 0.3) is 0 Å². The van der Waals surface area contributed by atoms with Gasteiger partial charge in [0.1, 0.15) is 11.5 Å². The zero-order valence-corrected chi connectivity index (χ0v) is 15.5. The molecule has 0 bridgehead atoms. The predicted molar refractivity (Wildman–Crippen MR) is 97.0 cm³/mol. The normalized spacial score (nSPS) is 15.8. The smallest absolute Gasteiger partial charge is 0.228 e. The summed E-state index contributed by atoms with van der Waals surface area (Å²) in [7, 11) is 3.05. The SMILES string of the molecule is COc1ccc(OC)c(N2C[C@@H](C(=O)N(CCC#N)CCC#N)CC2=O)c1. The summed E-state index contributed by atoms with van der Waals surface area (Å²) in [4.78, 5) is 28.4. The third-order valence-electron chi connectivity index (χ3n) is 4.45. The Kier molecular flexibility index (Phi) is 7.01. The predicted octanol–water partition coefficient (Wildman–Crippen LogP) is 1.71. The molecule has 1 aromatic carbocycles. The Labute approximate surface area is 158 Å². The Bertz CT molecular complexity index is 763. The van der Waals surface area contributed by atoms with Gasteiger partial charge in [-0.05, 0) is 12.1 Å². The first-order valence-corrected chi connectivity index (χ1v) is 8.60. The van der Waals surface area contributed by atoms with Crippen LogP contribution >= 0.6 is 0 Å². The Morgan fingerprint density at radius 3 is 2.44 bits per heavy atom. The van der Waals surface area contributed by atoms with Crippen molar-refractivity contribution in [1.82, 2.24) is 4.90 Å². The van der Waals surface area contributed by atoms with Gasteiger partial charge in [-0.25, -0.2) is 0 Å².